The van der Waals surface area contributed by atoms with Gasteiger partial charge in [-0.25, -0.2) is 0 Å². The van der Waals surface area contributed by atoms with Crippen LogP contribution >= 0.6 is 0 Å². The Labute approximate surface area is 135 Å². The fraction of sp³-hybridized carbons (Fsp3) is 0.529. The van der Waals surface area contributed by atoms with Gasteiger partial charge in [-0.1, -0.05) is 18.2 Å². The molecule has 126 valence electrons. The Hall–Kier alpha value is -2.08. The SMILES string of the molecule is COc1ccccc1C(CNC(=O)C1(C(=O)O)CC1)OC(C)C. The first-order valence-corrected chi connectivity index (χ1v) is 7.71. The number of amides is 1. The molecule has 0 saturated heterocycles. The van der Waals surface area contributed by atoms with Gasteiger partial charge in [-0.05, 0) is 32.8 Å². The van der Waals surface area contributed by atoms with E-state index in [0.29, 0.717) is 18.6 Å². The van der Waals surface area contributed by atoms with E-state index in [2.05, 4.69) is 5.32 Å². The van der Waals surface area contributed by atoms with E-state index in [4.69, 9.17) is 9.47 Å². The summed E-state index contributed by atoms with van der Waals surface area (Å²) < 4.78 is 11.2. The second-order valence-electron chi connectivity index (χ2n) is 6.01. The highest BCUT2D eigenvalue weighted by Crippen LogP contribution is 2.46. The monoisotopic (exact) mass is 321 g/mol. The highest BCUT2D eigenvalue weighted by atomic mass is 16.5. The number of hydrogen-bond donors (Lipinski definition) is 2. The van der Waals surface area contributed by atoms with Crippen molar-refractivity contribution in [3.63, 3.8) is 0 Å². The summed E-state index contributed by atoms with van der Waals surface area (Å²) in [5.74, 6) is -0.836. The predicted molar refractivity (Wildman–Crippen MR) is 84.3 cm³/mol. The first-order valence-electron chi connectivity index (χ1n) is 7.71. The number of carbonyl (C=O) groups excluding carboxylic acids is 1. The molecule has 0 aliphatic heterocycles. The van der Waals surface area contributed by atoms with E-state index in [9.17, 15) is 14.7 Å². The zero-order chi connectivity index (χ0) is 17.0. The molecule has 1 unspecified atom stereocenters. The Morgan fingerprint density at radius 2 is 1.96 bits per heavy atom. The summed E-state index contributed by atoms with van der Waals surface area (Å²) in [6.07, 6.45) is 0.327. The molecule has 2 N–H and O–H groups in total. The Bertz CT molecular complexity index is 580. The van der Waals surface area contributed by atoms with E-state index >= 15 is 0 Å². The summed E-state index contributed by atoms with van der Waals surface area (Å²) in [6, 6.07) is 7.43. The molecule has 1 aliphatic carbocycles. The van der Waals surface area contributed by atoms with Gasteiger partial charge in [-0.15, -0.1) is 0 Å². The average molecular weight is 321 g/mol. The van der Waals surface area contributed by atoms with Gasteiger partial charge >= 0.3 is 5.97 Å². The van der Waals surface area contributed by atoms with Crippen LogP contribution in [0.2, 0.25) is 0 Å². The second kappa shape index (κ2) is 7.00. The van der Waals surface area contributed by atoms with Gasteiger partial charge in [0.2, 0.25) is 5.91 Å². The van der Waals surface area contributed by atoms with Crippen molar-refractivity contribution in [2.45, 2.75) is 38.9 Å². The summed E-state index contributed by atoms with van der Waals surface area (Å²) in [6.45, 7) is 4.01. The smallest absolute Gasteiger partial charge is 0.319 e. The molecule has 1 aromatic rings. The molecule has 1 aliphatic rings. The third kappa shape index (κ3) is 3.82. The van der Waals surface area contributed by atoms with Crippen molar-refractivity contribution in [2.75, 3.05) is 13.7 Å². The van der Waals surface area contributed by atoms with Crippen molar-refractivity contribution in [2.24, 2.45) is 5.41 Å². The molecule has 0 spiro atoms. The summed E-state index contributed by atoms with van der Waals surface area (Å²) >= 11 is 0. The third-order valence-electron chi connectivity index (χ3n) is 3.96. The Morgan fingerprint density at radius 3 is 2.48 bits per heavy atom. The highest BCUT2D eigenvalue weighted by molar-refractivity contribution is 6.04. The number of para-hydroxylation sites is 1. The number of carboxylic acids is 1. The molecule has 6 heteroatoms. The number of benzene rings is 1. The Morgan fingerprint density at radius 1 is 1.30 bits per heavy atom. The molecule has 1 atom stereocenters. The minimum Gasteiger partial charge on any atom is -0.496 e. The second-order valence-corrected chi connectivity index (χ2v) is 6.01. The molecule has 0 aromatic heterocycles. The Balaban J connectivity index is 2.10. The molecule has 1 fully saturated rings. The molecule has 1 aromatic carbocycles. The number of carbonyl (C=O) groups is 2. The lowest BCUT2D eigenvalue weighted by Crippen LogP contribution is -2.39. The lowest BCUT2D eigenvalue weighted by atomic mass is 10.1. The fourth-order valence-corrected chi connectivity index (χ4v) is 2.51. The summed E-state index contributed by atoms with van der Waals surface area (Å²) in [5, 5.41) is 11.9. The number of aliphatic carboxylic acids is 1. The van der Waals surface area contributed by atoms with Crippen LogP contribution in [0.4, 0.5) is 0 Å². The van der Waals surface area contributed by atoms with Crippen LogP contribution in [-0.4, -0.2) is 36.7 Å². The molecule has 6 nitrogen and oxygen atoms in total. The molecule has 0 radical (unpaired) electrons. The molecule has 2 rings (SSSR count). The van der Waals surface area contributed by atoms with E-state index in [0.717, 1.165) is 5.56 Å². The highest BCUT2D eigenvalue weighted by Gasteiger charge is 2.57. The number of hydrogen-bond acceptors (Lipinski definition) is 4. The van der Waals surface area contributed by atoms with Crippen LogP contribution in [-0.2, 0) is 14.3 Å². The first-order chi connectivity index (χ1) is 10.9. The van der Waals surface area contributed by atoms with E-state index in [1.54, 1.807) is 7.11 Å². The number of ether oxygens (including phenoxy) is 2. The van der Waals surface area contributed by atoms with Crippen LogP contribution in [0.1, 0.15) is 38.4 Å². The molecule has 0 bridgehead atoms. The zero-order valence-electron chi connectivity index (χ0n) is 13.7. The third-order valence-corrected chi connectivity index (χ3v) is 3.96. The fourth-order valence-electron chi connectivity index (χ4n) is 2.51. The van der Waals surface area contributed by atoms with Gasteiger partial charge in [0.15, 0.2) is 0 Å². The van der Waals surface area contributed by atoms with Crippen LogP contribution < -0.4 is 10.1 Å². The van der Waals surface area contributed by atoms with Crippen molar-refractivity contribution < 1.29 is 24.2 Å². The normalized spacial score (nSPS) is 16.7. The van der Waals surface area contributed by atoms with Crippen LogP contribution in [0.25, 0.3) is 0 Å². The maximum atomic E-state index is 12.2. The first kappa shape index (κ1) is 17.3. The van der Waals surface area contributed by atoms with Crippen LogP contribution in [0.5, 0.6) is 5.75 Å². The molecule has 0 heterocycles. The van der Waals surface area contributed by atoms with Gasteiger partial charge in [0.1, 0.15) is 17.3 Å². The quantitative estimate of drug-likeness (QED) is 0.717. The van der Waals surface area contributed by atoms with Crippen molar-refractivity contribution >= 4 is 11.9 Å². The summed E-state index contributed by atoms with van der Waals surface area (Å²) in [4.78, 5) is 23.4. The summed E-state index contributed by atoms with van der Waals surface area (Å²) in [5.41, 5.74) is -0.424. The van der Waals surface area contributed by atoms with Gasteiger partial charge in [-0.2, -0.15) is 0 Å². The lowest BCUT2D eigenvalue weighted by molar-refractivity contribution is -0.149. The maximum Gasteiger partial charge on any atom is 0.319 e. The topological polar surface area (TPSA) is 84.9 Å². The van der Waals surface area contributed by atoms with E-state index in [-0.39, 0.29) is 12.6 Å². The number of rotatable bonds is 8. The van der Waals surface area contributed by atoms with Gasteiger partial charge in [-0.3, -0.25) is 9.59 Å². The largest absolute Gasteiger partial charge is 0.496 e. The Kier molecular flexibility index (Phi) is 5.26. The van der Waals surface area contributed by atoms with Crippen LogP contribution in [0, 0.1) is 5.41 Å². The molecule has 1 saturated carbocycles. The predicted octanol–water partition coefficient (Wildman–Crippen LogP) is 2.14. The lowest BCUT2D eigenvalue weighted by Gasteiger charge is -2.23. The van der Waals surface area contributed by atoms with Gasteiger partial charge < -0.3 is 19.9 Å². The molecule has 1 amide bonds. The molecular formula is C17H23NO5. The minimum atomic E-state index is -1.25. The van der Waals surface area contributed by atoms with E-state index < -0.39 is 23.4 Å². The number of nitrogens with one attached hydrogen (secondary N) is 1. The van der Waals surface area contributed by atoms with Crippen molar-refractivity contribution in [3.8, 4) is 5.75 Å². The minimum absolute atomic E-state index is 0.0452. The van der Waals surface area contributed by atoms with Crippen molar-refractivity contribution in [3.05, 3.63) is 29.8 Å². The summed E-state index contributed by atoms with van der Waals surface area (Å²) in [7, 11) is 1.58. The van der Waals surface area contributed by atoms with Crippen LogP contribution in [0.15, 0.2) is 24.3 Å². The number of carboxylic acid groups (broad SMARTS) is 1. The van der Waals surface area contributed by atoms with Gasteiger partial charge in [0.05, 0.1) is 13.2 Å². The van der Waals surface area contributed by atoms with Gasteiger partial charge in [0.25, 0.3) is 0 Å². The van der Waals surface area contributed by atoms with Crippen LogP contribution in [0.3, 0.4) is 0 Å². The van der Waals surface area contributed by atoms with E-state index in [1.165, 1.54) is 0 Å². The van der Waals surface area contributed by atoms with Crippen molar-refractivity contribution in [1.82, 2.24) is 5.32 Å². The number of methoxy groups -OCH3 is 1. The maximum absolute atomic E-state index is 12.2. The average Bonchev–Trinajstić information content (AvgIpc) is 3.32. The molecular weight excluding hydrogens is 298 g/mol. The van der Waals surface area contributed by atoms with E-state index in [1.807, 2.05) is 38.1 Å². The zero-order valence-corrected chi connectivity index (χ0v) is 13.7. The van der Waals surface area contributed by atoms with Gasteiger partial charge in [0, 0.05) is 12.1 Å². The standard InChI is InChI=1S/C17H23NO5/c1-11(2)23-14(12-6-4-5-7-13(12)22-3)10-18-15(19)17(8-9-17)16(20)21/h4-7,11,14H,8-10H2,1-3H3,(H,18,19)(H,20,21). The van der Waals surface area contributed by atoms with Crippen molar-refractivity contribution in [1.29, 1.82) is 0 Å². The molecule has 23 heavy (non-hydrogen) atoms.